The van der Waals surface area contributed by atoms with Crippen LogP contribution >= 0.6 is 23.2 Å². The Morgan fingerprint density at radius 3 is 2.38 bits per heavy atom. The molecule has 3 aromatic rings. The minimum Gasteiger partial charge on any atom is -0.223 e. The van der Waals surface area contributed by atoms with Crippen molar-refractivity contribution in [3.8, 4) is 11.8 Å². The highest BCUT2D eigenvalue weighted by Crippen LogP contribution is 2.39. The summed E-state index contributed by atoms with van der Waals surface area (Å²) in [5, 5.41) is 12.3. The topological polar surface area (TPSA) is 54.5 Å². The Labute approximate surface area is 172 Å². The van der Waals surface area contributed by atoms with Crippen molar-refractivity contribution in [3.63, 3.8) is 0 Å². The first-order valence-electron chi connectivity index (χ1n) is 7.99. The molecule has 0 aliphatic rings. The van der Waals surface area contributed by atoms with Crippen molar-refractivity contribution in [1.82, 2.24) is 14.8 Å². The maximum atomic E-state index is 13.6. The molecule has 1 unspecified atom stereocenters. The molecular weight excluding hydrogens is 431 g/mol. The van der Waals surface area contributed by atoms with E-state index in [0.29, 0.717) is 11.3 Å². The van der Waals surface area contributed by atoms with Gasteiger partial charge in [0.25, 0.3) is 0 Å². The van der Waals surface area contributed by atoms with Gasteiger partial charge in [-0.05, 0) is 35.4 Å². The van der Waals surface area contributed by atoms with Crippen molar-refractivity contribution in [2.75, 3.05) is 0 Å². The number of nitriles is 1. The highest BCUT2D eigenvalue weighted by Gasteiger charge is 2.39. The molecule has 10 heteroatoms. The quantitative estimate of drug-likeness (QED) is 0.372. The fraction of sp³-hybridized carbons (Fsp3) is 0.105. The second-order valence-electron chi connectivity index (χ2n) is 5.91. The maximum Gasteiger partial charge on any atom is 0.399 e. The Balaban J connectivity index is 1.98. The highest BCUT2D eigenvalue weighted by atomic mass is 35.5. The van der Waals surface area contributed by atoms with Crippen LogP contribution in [0, 0.1) is 17.1 Å². The van der Waals surface area contributed by atoms with Gasteiger partial charge in [-0.2, -0.15) is 23.5 Å². The minimum atomic E-state index is -4.67. The fourth-order valence-electron chi connectivity index (χ4n) is 2.65. The molecule has 1 aromatic heterocycles. The molecule has 0 saturated heterocycles. The Bertz CT molecular complexity index is 1080. The molecule has 0 saturated carbocycles. The first-order chi connectivity index (χ1) is 13.7. The molecule has 0 amide bonds. The summed E-state index contributed by atoms with van der Waals surface area (Å²) in [7, 11) is 0. The van der Waals surface area contributed by atoms with Crippen molar-refractivity contribution < 1.29 is 17.6 Å². The Morgan fingerprint density at radius 2 is 1.83 bits per heavy atom. The smallest absolute Gasteiger partial charge is 0.223 e. The number of rotatable bonds is 4. The third-order valence-corrected chi connectivity index (χ3v) is 4.56. The van der Waals surface area contributed by atoms with E-state index < -0.39 is 28.0 Å². The van der Waals surface area contributed by atoms with E-state index in [9.17, 15) is 22.8 Å². The van der Waals surface area contributed by atoms with Crippen LogP contribution in [0.2, 0.25) is 10.0 Å². The first kappa shape index (κ1) is 20.8. The summed E-state index contributed by atoms with van der Waals surface area (Å²) in [5.41, 5.74) is 0.699. The summed E-state index contributed by atoms with van der Waals surface area (Å²) in [6.45, 7) is 0. The molecule has 0 aliphatic heterocycles. The molecule has 2 aromatic carbocycles. The number of benzene rings is 2. The van der Waals surface area contributed by atoms with Gasteiger partial charge in [0.15, 0.2) is 5.82 Å². The van der Waals surface area contributed by atoms with Crippen molar-refractivity contribution >= 4 is 29.3 Å². The van der Waals surface area contributed by atoms with E-state index in [0.717, 1.165) is 18.2 Å². The lowest BCUT2D eigenvalue weighted by molar-refractivity contribution is -0.139. The number of aromatic nitrogens is 3. The Kier molecular flexibility index (Phi) is 5.91. The van der Waals surface area contributed by atoms with Crippen LogP contribution in [0.1, 0.15) is 22.6 Å². The van der Waals surface area contributed by atoms with Crippen LogP contribution in [0.4, 0.5) is 17.6 Å². The van der Waals surface area contributed by atoms with Crippen molar-refractivity contribution in [1.29, 1.82) is 5.26 Å². The molecule has 0 bridgehead atoms. The molecule has 148 valence electrons. The lowest BCUT2D eigenvalue weighted by Gasteiger charge is -2.18. The molecule has 0 fully saturated rings. The third-order valence-electron chi connectivity index (χ3n) is 4.01. The van der Waals surface area contributed by atoms with Gasteiger partial charge in [0, 0.05) is 0 Å². The molecular formula is C19H10Cl2F4N4. The molecule has 0 aliphatic carbocycles. The van der Waals surface area contributed by atoms with Gasteiger partial charge in [-0.25, -0.2) is 14.1 Å². The summed E-state index contributed by atoms with van der Waals surface area (Å²) in [5.74, 6) is -3.05. The predicted molar refractivity (Wildman–Crippen MR) is 100 cm³/mol. The molecule has 29 heavy (non-hydrogen) atoms. The van der Waals surface area contributed by atoms with Crippen LogP contribution in [0.3, 0.4) is 0 Å². The monoisotopic (exact) mass is 440 g/mol. The van der Waals surface area contributed by atoms with E-state index >= 15 is 0 Å². The number of nitrogens with zero attached hydrogens (tertiary/aromatic N) is 4. The normalized spacial score (nSPS) is 12.9. The Hall–Kier alpha value is -2.89. The van der Waals surface area contributed by atoms with Gasteiger partial charge < -0.3 is 0 Å². The van der Waals surface area contributed by atoms with Crippen molar-refractivity contribution in [2.45, 2.75) is 12.1 Å². The van der Waals surface area contributed by atoms with Crippen molar-refractivity contribution in [3.05, 3.63) is 81.6 Å². The van der Waals surface area contributed by atoms with Crippen LogP contribution in [0.25, 0.3) is 11.8 Å². The van der Waals surface area contributed by atoms with E-state index in [1.54, 1.807) is 6.07 Å². The van der Waals surface area contributed by atoms with E-state index in [4.69, 9.17) is 23.2 Å². The highest BCUT2D eigenvalue weighted by molar-refractivity contribution is 6.35. The van der Waals surface area contributed by atoms with Gasteiger partial charge in [0.2, 0.25) is 0 Å². The lowest BCUT2D eigenvalue weighted by atomic mass is 9.96. The minimum absolute atomic E-state index is 0.203. The largest absolute Gasteiger partial charge is 0.399 e. The summed E-state index contributed by atoms with van der Waals surface area (Å²) in [6, 6.07) is 8.25. The summed E-state index contributed by atoms with van der Waals surface area (Å²) in [4.78, 5) is 3.79. The van der Waals surface area contributed by atoms with Gasteiger partial charge in [-0.3, -0.25) is 0 Å². The SMILES string of the molecule is N#Cc1cc(C=CC(c2cc(Cl)c(F)c(Cl)c2)C(F)(F)F)ccc1-n1cncn1. The second-order valence-corrected chi connectivity index (χ2v) is 6.72. The number of hydrogen-bond acceptors (Lipinski definition) is 3. The number of allylic oxidation sites excluding steroid dienone is 1. The zero-order chi connectivity index (χ0) is 21.2. The molecule has 0 radical (unpaired) electrons. The van der Waals surface area contributed by atoms with Crippen LogP contribution in [-0.2, 0) is 0 Å². The van der Waals surface area contributed by atoms with E-state index in [1.807, 2.05) is 6.07 Å². The summed E-state index contributed by atoms with van der Waals surface area (Å²) < 4.78 is 55.6. The standard InChI is InChI=1S/C19H10Cl2F4N4/c20-15-6-12(7-16(21)18(15)22)14(19(23,24)25)3-1-11-2-4-17(13(5-11)8-26)29-10-27-9-28-29/h1-7,9-10,14H. The van der Waals surface area contributed by atoms with Gasteiger partial charge >= 0.3 is 6.18 Å². The van der Waals surface area contributed by atoms with Crippen LogP contribution < -0.4 is 0 Å². The molecule has 4 nitrogen and oxygen atoms in total. The average molecular weight is 441 g/mol. The fourth-order valence-corrected chi connectivity index (χ4v) is 3.15. The molecule has 0 spiro atoms. The van der Waals surface area contributed by atoms with Gasteiger partial charge in [0.1, 0.15) is 18.7 Å². The van der Waals surface area contributed by atoms with Gasteiger partial charge in [-0.1, -0.05) is 41.4 Å². The van der Waals surface area contributed by atoms with Crippen LogP contribution in [0.5, 0.6) is 0 Å². The third kappa shape index (κ3) is 4.58. The molecule has 1 atom stereocenters. The van der Waals surface area contributed by atoms with Crippen LogP contribution in [0.15, 0.2) is 49.1 Å². The molecule has 3 rings (SSSR count). The van der Waals surface area contributed by atoms with Gasteiger partial charge in [-0.15, -0.1) is 0 Å². The molecule has 1 heterocycles. The van der Waals surface area contributed by atoms with E-state index in [-0.39, 0.29) is 11.1 Å². The first-order valence-corrected chi connectivity index (χ1v) is 8.75. The van der Waals surface area contributed by atoms with E-state index in [2.05, 4.69) is 10.1 Å². The number of alkyl halides is 3. The Morgan fingerprint density at radius 1 is 1.14 bits per heavy atom. The lowest BCUT2D eigenvalue weighted by Crippen LogP contribution is -2.19. The summed E-state index contributed by atoms with van der Waals surface area (Å²) in [6.07, 6.45) is 0.135. The van der Waals surface area contributed by atoms with E-state index in [1.165, 1.54) is 35.5 Å². The average Bonchev–Trinajstić information content (AvgIpc) is 3.19. The van der Waals surface area contributed by atoms with Crippen LogP contribution in [-0.4, -0.2) is 20.9 Å². The summed E-state index contributed by atoms with van der Waals surface area (Å²) >= 11 is 11.3. The second kappa shape index (κ2) is 8.23. The van der Waals surface area contributed by atoms with Gasteiger partial charge in [0.05, 0.1) is 27.2 Å². The zero-order valence-electron chi connectivity index (χ0n) is 14.3. The van der Waals surface area contributed by atoms with Crippen molar-refractivity contribution in [2.24, 2.45) is 0 Å². The zero-order valence-corrected chi connectivity index (χ0v) is 15.8. The maximum absolute atomic E-state index is 13.6. The number of halogens is 6. The number of hydrogen-bond donors (Lipinski definition) is 0. The predicted octanol–water partition coefficient (Wildman–Crippen LogP) is 5.94. The molecule has 0 N–H and O–H groups in total.